The fourth-order valence-electron chi connectivity index (χ4n) is 2.52. The third kappa shape index (κ3) is 2.96. The maximum absolute atomic E-state index is 6.42. The number of aryl methyl sites for hydroxylation is 1. The zero-order valence-electron chi connectivity index (χ0n) is 12.1. The summed E-state index contributed by atoms with van der Waals surface area (Å²) >= 11 is 0. The summed E-state index contributed by atoms with van der Waals surface area (Å²) in [6, 6.07) is 6.06. The number of oxazole rings is 1. The van der Waals surface area contributed by atoms with E-state index in [1.165, 1.54) is 0 Å². The van der Waals surface area contributed by atoms with Gasteiger partial charge in [-0.05, 0) is 43.1 Å². The lowest BCUT2D eigenvalue weighted by Gasteiger charge is -2.27. The van der Waals surface area contributed by atoms with Crippen molar-refractivity contribution in [1.29, 1.82) is 0 Å². The van der Waals surface area contributed by atoms with E-state index in [-0.39, 0.29) is 6.04 Å². The van der Waals surface area contributed by atoms with E-state index in [9.17, 15) is 0 Å². The molecule has 0 fully saturated rings. The average molecular weight is 261 g/mol. The molecule has 0 bridgehead atoms. The Labute approximate surface area is 114 Å². The molecular weight excluding hydrogens is 238 g/mol. The van der Waals surface area contributed by atoms with E-state index in [0.717, 1.165) is 23.2 Å². The highest BCUT2D eigenvalue weighted by molar-refractivity contribution is 5.73. The molecule has 2 rings (SSSR count). The van der Waals surface area contributed by atoms with E-state index >= 15 is 0 Å². The van der Waals surface area contributed by atoms with Crippen molar-refractivity contribution in [1.82, 2.24) is 10.3 Å². The molecule has 1 heterocycles. The molecule has 3 N–H and O–H groups in total. The summed E-state index contributed by atoms with van der Waals surface area (Å²) < 4.78 is 5.58. The zero-order chi connectivity index (χ0) is 14.0. The smallest absolute Gasteiger partial charge is 0.192 e. The van der Waals surface area contributed by atoms with Crippen LogP contribution in [-0.4, -0.2) is 18.6 Å². The largest absolute Gasteiger partial charge is 0.441 e. The Morgan fingerprint density at radius 3 is 2.74 bits per heavy atom. The van der Waals surface area contributed by atoms with Crippen molar-refractivity contribution in [2.24, 2.45) is 17.6 Å². The average Bonchev–Trinajstić information content (AvgIpc) is 2.73. The third-order valence-corrected chi connectivity index (χ3v) is 3.66. The van der Waals surface area contributed by atoms with Crippen LogP contribution in [0.2, 0.25) is 0 Å². The van der Waals surface area contributed by atoms with Crippen LogP contribution in [0.4, 0.5) is 0 Å². The van der Waals surface area contributed by atoms with Gasteiger partial charge in [-0.2, -0.15) is 0 Å². The van der Waals surface area contributed by atoms with Gasteiger partial charge < -0.3 is 15.5 Å². The summed E-state index contributed by atoms with van der Waals surface area (Å²) in [7, 11) is 1.96. The molecular formula is C15H23N3O. The fraction of sp³-hybridized carbons (Fsp3) is 0.533. The minimum absolute atomic E-state index is 0.00209. The van der Waals surface area contributed by atoms with Gasteiger partial charge in [0.2, 0.25) is 0 Å². The molecule has 1 aromatic carbocycles. The molecule has 0 aliphatic heterocycles. The zero-order valence-corrected chi connectivity index (χ0v) is 12.1. The van der Waals surface area contributed by atoms with Crippen molar-refractivity contribution < 1.29 is 4.42 Å². The Balaban J connectivity index is 2.31. The summed E-state index contributed by atoms with van der Waals surface area (Å²) in [5.74, 6) is 1.61. The molecule has 4 nitrogen and oxygen atoms in total. The number of rotatable bonds is 5. The van der Waals surface area contributed by atoms with Crippen LogP contribution in [-0.2, 0) is 0 Å². The number of nitrogens with zero attached hydrogens (tertiary/aromatic N) is 1. The number of benzene rings is 1. The van der Waals surface area contributed by atoms with Crippen molar-refractivity contribution >= 4 is 11.1 Å². The van der Waals surface area contributed by atoms with E-state index in [1.807, 2.05) is 26.1 Å². The van der Waals surface area contributed by atoms with Gasteiger partial charge in [-0.1, -0.05) is 19.9 Å². The molecule has 0 spiro atoms. The van der Waals surface area contributed by atoms with Crippen molar-refractivity contribution in [3.63, 3.8) is 0 Å². The summed E-state index contributed by atoms with van der Waals surface area (Å²) in [5, 5.41) is 3.23. The maximum Gasteiger partial charge on any atom is 0.192 e. The minimum atomic E-state index is 0.00209. The molecule has 2 atom stereocenters. The maximum atomic E-state index is 6.42. The molecule has 0 amide bonds. The number of nitrogens with one attached hydrogen (secondary N) is 1. The van der Waals surface area contributed by atoms with Gasteiger partial charge in [0.1, 0.15) is 5.52 Å². The van der Waals surface area contributed by atoms with E-state index in [4.69, 9.17) is 10.2 Å². The van der Waals surface area contributed by atoms with Crippen molar-refractivity contribution in [2.75, 3.05) is 13.6 Å². The highest BCUT2D eigenvalue weighted by Crippen LogP contribution is 2.28. The molecule has 0 aliphatic rings. The SMILES string of the molecule is CNCC(C(C)C)C(N)c1ccc2nc(C)oc2c1. The van der Waals surface area contributed by atoms with Crippen LogP contribution >= 0.6 is 0 Å². The highest BCUT2D eigenvalue weighted by Gasteiger charge is 2.22. The van der Waals surface area contributed by atoms with Crippen LogP contribution in [0.3, 0.4) is 0 Å². The number of hydrogen-bond acceptors (Lipinski definition) is 4. The fourth-order valence-corrected chi connectivity index (χ4v) is 2.52. The summed E-state index contributed by atoms with van der Waals surface area (Å²) in [5.41, 5.74) is 9.24. The van der Waals surface area contributed by atoms with Crippen LogP contribution in [0.5, 0.6) is 0 Å². The van der Waals surface area contributed by atoms with Crippen molar-refractivity contribution in [3.05, 3.63) is 29.7 Å². The summed E-state index contributed by atoms with van der Waals surface area (Å²) in [6.07, 6.45) is 0. The molecule has 104 valence electrons. The number of fused-ring (bicyclic) bond motifs is 1. The molecule has 1 aromatic heterocycles. The minimum Gasteiger partial charge on any atom is -0.441 e. The van der Waals surface area contributed by atoms with Gasteiger partial charge in [0.25, 0.3) is 0 Å². The first-order valence-electron chi connectivity index (χ1n) is 6.80. The second-order valence-corrected chi connectivity index (χ2v) is 5.45. The van der Waals surface area contributed by atoms with E-state index in [2.05, 4.69) is 30.2 Å². The molecule has 0 saturated heterocycles. The van der Waals surface area contributed by atoms with E-state index in [0.29, 0.717) is 17.7 Å². The predicted octanol–water partition coefficient (Wildman–Crippen LogP) is 2.63. The first-order valence-corrected chi connectivity index (χ1v) is 6.80. The van der Waals surface area contributed by atoms with Crippen LogP contribution in [0.25, 0.3) is 11.1 Å². The molecule has 0 saturated carbocycles. The Bertz CT molecular complexity index is 547. The first kappa shape index (κ1) is 14.0. The Morgan fingerprint density at radius 1 is 1.37 bits per heavy atom. The summed E-state index contributed by atoms with van der Waals surface area (Å²) in [6.45, 7) is 7.18. The number of aromatic nitrogens is 1. The lowest BCUT2D eigenvalue weighted by molar-refractivity contribution is 0.314. The molecule has 0 aliphatic carbocycles. The monoisotopic (exact) mass is 261 g/mol. The van der Waals surface area contributed by atoms with Crippen LogP contribution in [0.1, 0.15) is 31.3 Å². The summed E-state index contributed by atoms with van der Waals surface area (Å²) in [4.78, 5) is 4.31. The van der Waals surface area contributed by atoms with Crippen LogP contribution in [0, 0.1) is 18.8 Å². The topological polar surface area (TPSA) is 64.1 Å². The first-order chi connectivity index (χ1) is 9.02. The highest BCUT2D eigenvalue weighted by atomic mass is 16.3. The van der Waals surface area contributed by atoms with Gasteiger partial charge in [0.05, 0.1) is 0 Å². The number of nitrogens with two attached hydrogens (primary N) is 1. The number of hydrogen-bond donors (Lipinski definition) is 2. The molecule has 2 unspecified atom stereocenters. The van der Waals surface area contributed by atoms with Gasteiger partial charge in [-0.3, -0.25) is 0 Å². The van der Waals surface area contributed by atoms with Gasteiger partial charge in [0, 0.05) is 13.0 Å². The van der Waals surface area contributed by atoms with E-state index in [1.54, 1.807) is 0 Å². The lowest BCUT2D eigenvalue weighted by atomic mass is 9.85. The second kappa shape index (κ2) is 5.72. The predicted molar refractivity (Wildman–Crippen MR) is 77.9 cm³/mol. The van der Waals surface area contributed by atoms with Gasteiger partial charge in [0.15, 0.2) is 11.5 Å². The van der Waals surface area contributed by atoms with Crippen molar-refractivity contribution in [2.45, 2.75) is 26.8 Å². The lowest BCUT2D eigenvalue weighted by Crippen LogP contribution is -2.33. The molecule has 0 radical (unpaired) electrons. The quantitative estimate of drug-likeness (QED) is 0.868. The van der Waals surface area contributed by atoms with Crippen molar-refractivity contribution in [3.8, 4) is 0 Å². The van der Waals surface area contributed by atoms with Crippen LogP contribution < -0.4 is 11.1 Å². The van der Waals surface area contributed by atoms with Gasteiger partial charge in [-0.25, -0.2) is 4.98 Å². The normalized spacial score (nSPS) is 15.1. The van der Waals surface area contributed by atoms with Gasteiger partial charge >= 0.3 is 0 Å². The molecule has 19 heavy (non-hydrogen) atoms. The Kier molecular flexibility index (Phi) is 4.22. The standard InChI is InChI=1S/C15H23N3O/c1-9(2)12(8-17-4)15(16)11-5-6-13-14(7-11)19-10(3)18-13/h5-7,9,12,15,17H,8,16H2,1-4H3. The Morgan fingerprint density at radius 2 is 2.11 bits per heavy atom. The Hall–Kier alpha value is -1.39. The van der Waals surface area contributed by atoms with Gasteiger partial charge in [-0.15, -0.1) is 0 Å². The third-order valence-electron chi connectivity index (χ3n) is 3.66. The second-order valence-electron chi connectivity index (χ2n) is 5.45. The van der Waals surface area contributed by atoms with E-state index < -0.39 is 0 Å². The molecule has 4 heteroatoms. The van der Waals surface area contributed by atoms with Crippen LogP contribution in [0.15, 0.2) is 22.6 Å². The molecule has 2 aromatic rings.